The minimum absolute atomic E-state index is 0.0107. The predicted octanol–water partition coefficient (Wildman–Crippen LogP) is 1.96. The smallest absolute Gasteiger partial charge is 0.315 e. The second-order valence-electron chi connectivity index (χ2n) is 7.04. The van der Waals surface area contributed by atoms with Gasteiger partial charge in [0, 0.05) is 19.2 Å². The number of rotatable bonds is 6. The number of hydrogen-bond donors (Lipinski definition) is 3. The Morgan fingerprint density at radius 2 is 1.77 bits per heavy atom. The van der Waals surface area contributed by atoms with Gasteiger partial charge in [0.25, 0.3) is 0 Å². The fourth-order valence-electron chi connectivity index (χ4n) is 3.69. The Kier molecular flexibility index (Phi) is 7.46. The van der Waals surface area contributed by atoms with E-state index in [1.807, 2.05) is 0 Å². The summed E-state index contributed by atoms with van der Waals surface area (Å²) in [6, 6.07) is 0.276. The van der Waals surface area contributed by atoms with E-state index in [0.29, 0.717) is 11.8 Å². The molecule has 0 atom stereocenters. The van der Waals surface area contributed by atoms with Crippen molar-refractivity contribution in [3.8, 4) is 0 Å². The molecule has 0 radical (unpaired) electrons. The van der Waals surface area contributed by atoms with Gasteiger partial charge in [-0.15, -0.1) is 0 Å². The summed E-state index contributed by atoms with van der Waals surface area (Å²) in [7, 11) is 0. The maximum atomic E-state index is 12.0. The highest BCUT2D eigenvalue weighted by Gasteiger charge is 2.23. The number of aliphatic hydroxyl groups is 1. The van der Waals surface area contributed by atoms with Crippen LogP contribution >= 0.6 is 0 Å². The van der Waals surface area contributed by atoms with Gasteiger partial charge in [-0.3, -0.25) is 0 Å². The number of amides is 2. The fourth-order valence-corrected chi connectivity index (χ4v) is 3.69. The zero-order chi connectivity index (χ0) is 15.8. The molecule has 128 valence electrons. The summed E-state index contributed by atoms with van der Waals surface area (Å²) in [6.45, 7) is 6.87. The van der Waals surface area contributed by atoms with Crippen molar-refractivity contribution in [3.63, 3.8) is 0 Å². The average molecular weight is 311 g/mol. The Bertz CT molecular complexity index is 322. The molecule has 1 heterocycles. The van der Waals surface area contributed by atoms with Crippen molar-refractivity contribution in [2.75, 3.05) is 32.8 Å². The highest BCUT2D eigenvalue weighted by molar-refractivity contribution is 5.74. The highest BCUT2D eigenvalue weighted by Crippen LogP contribution is 2.23. The maximum absolute atomic E-state index is 12.0. The van der Waals surface area contributed by atoms with Crippen molar-refractivity contribution >= 4 is 6.03 Å². The summed E-state index contributed by atoms with van der Waals surface area (Å²) < 4.78 is 0. The van der Waals surface area contributed by atoms with Crippen LogP contribution in [0.4, 0.5) is 4.79 Å². The third kappa shape index (κ3) is 5.76. The van der Waals surface area contributed by atoms with Gasteiger partial charge in [0.05, 0.1) is 0 Å². The van der Waals surface area contributed by atoms with Crippen LogP contribution in [0.2, 0.25) is 0 Å². The van der Waals surface area contributed by atoms with E-state index in [1.165, 1.54) is 38.9 Å². The SMILES string of the molecule is CCCN1CCC(CNC(=O)NC2CCC(CO)CC2)CC1. The monoisotopic (exact) mass is 311 g/mol. The lowest BCUT2D eigenvalue weighted by molar-refractivity contribution is 0.171. The number of carbonyl (C=O) groups excluding carboxylic acids is 1. The van der Waals surface area contributed by atoms with Crippen LogP contribution in [0.15, 0.2) is 0 Å². The minimum Gasteiger partial charge on any atom is -0.396 e. The number of likely N-dealkylation sites (tertiary alicyclic amines) is 1. The molecular weight excluding hydrogens is 278 g/mol. The van der Waals surface area contributed by atoms with Crippen LogP contribution in [-0.2, 0) is 0 Å². The molecule has 5 heteroatoms. The molecule has 22 heavy (non-hydrogen) atoms. The molecule has 0 spiro atoms. The summed E-state index contributed by atoms with van der Waals surface area (Å²) in [5.74, 6) is 1.07. The van der Waals surface area contributed by atoms with Gasteiger partial charge in [-0.05, 0) is 76.4 Å². The molecule has 0 unspecified atom stereocenters. The summed E-state index contributed by atoms with van der Waals surface area (Å²) in [4.78, 5) is 14.5. The van der Waals surface area contributed by atoms with Gasteiger partial charge in [0.1, 0.15) is 0 Å². The van der Waals surface area contributed by atoms with Crippen molar-refractivity contribution < 1.29 is 9.90 Å². The van der Waals surface area contributed by atoms with E-state index in [1.54, 1.807) is 0 Å². The number of nitrogens with zero attached hydrogens (tertiary/aromatic N) is 1. The average Bonchev–Trinajstić information content (AvgIpc) is 2.55. The largest absolute Gasteiger partial charge is 0.396 e. The Balaban J connectivity index is 1.56. The number of nitrogens with one attached hydrogen (secondary N) is 2. The number of carbonyl (C=O) groups is 1. The first-order chi connectivity index (χ1) is 10.7. The number of urea groups is 1. The van der Waals surface area contributed by atoms with Crippen molar-refractivity contribution in [2.45, 2.75) is 57.9 Å². The first-order valence-corrected chi connectivity index (χ1v) is 9.08. The Morgan fingerprint density at radius 3 is 2.36 bits per heavy atom. The number of piperidine rings is 1. The number of aliphatic hydroxyl groups excluding tert-OH is 1. The zero-order valence-corrected chi connectivity index (χ0v) is 14.0. The van der Waals surface area contributed by atoms with E-state index < -0.39 is 0 Å². The zero-order valence-electron chi connectivity index (χ0n) is 14.0. The van der Waals surface area contributed by atoms with Gasteiger partial charge in [0.15, 0.2) is 0 Å². The van der Waals surface area contributed by atoms with E-state index in [2.05, 4.69) is 22.5 Å². The molecule has 5 nitrogen and oxygen atoms in total. The topological polar surface area (TPSA) is 64.6 Å². The van der Waals surface area contributed by atoms with Gasteiger partial charge in [-0.2, -0.15) is 0 Å². The van der Waals surface area contributed by atoms with Crippen LogP contribution < -0.4 is 10.6 Å². The molecule has 2 fully saturated rings. The Labute approximate surface area is 134 Å². The Hall–Kier alpha value is -0.810. The molecule has 2 amide bonds. The van der Waals surface area contributed by atoms with E-state index >= 15 is 0 Å². The molecule has 2 aliphatic rings. The second-order valence-corrected chi connectivity index (χ2v) is 7.04. The van der Waals surface area contributed by atoms with E-state index in [-0.39, 0.29) is 18.7 Å². The lowest BCUT2D eigenvalue weighted by atomic mass is 9.87. The lowest BCUT2D eigenvalue weighted by Gasteiger charge is -2.32. The molecule has 1 aliphatic heterocycles. The summed E-state index contributed by atoms with van der Waals surface area (Å²) >= 11 is 0. The summed E-state index contributed by atoms with van der Waals surface area (Å²) in [5, 5.41) is 15.3. The van der Waals surface area contributed by atoms with E-state index in [4.69, 9.17) is 5.11 Å². The van der Waals surface area contributed by atoms with Crippen molar-refractivity contribution in [1.29, 1.82) is 0 Å². The van der Waals surface area contributed by atoms with Crippen molar-refractivity contribution in [3.05, 3.63) is 0 Å². The molecule has 0 bridgehead atoms. The van der Waals surface area contributed by atoms with Gasteiger partial charge >= 0.3 is 6.03 Å². The van der Waals surface area contributed by atoms with Crippen LogP contribution in [0, 0.1) is 11.8 Å². The molecule has 1 saturated heterocycles. The third-order valence-corrected chi connectivity index (χ3v) is 5.24. The number of hydrogen-bond acceptors (Lipinski definition) is 3. The first-order valence-electron chi connectivity index (χ1n) is 9.08. The second kappa shape index (κ2) is 9.36. The molecule has 0 aromatic heterocycles. The molecular formula is C17H33N3O2. The lowest BCUT2D eigenvalue weighted by Crippen LogP contribution is -2.46. The standard InChI is InChI=1S/C17H33N3O2/c1-2-9-20-10-7-14(8-11-20)12-18-17(22)19-16-5-3-15(13-21)4-6-16/h14-16,21H,2-13H2,1H3,(H2,18,19,22). The molecule has 0 aromatic carbocycles. The first kappa shape index (κ1) is 17.5. The van der Waals surface area contributed by atoms with Crippen LogP contribution in [0.1, 0.15) is 51.9 Å². The summed E-state index contributed by atoms with van der Waals surface area (Å²) in [6.07, 6.45) is 7.66. The van der Waals surface area contributed by atoms with Gasteiger partial charge < -0.3 is 20.6 Å². The third-order valence-electron chi connectivity index (χ3n) is 5.24. The van der Waals surface area contributed by atoms with Crippen LogP contribution in [0.3, 0.4) is 0 Å². The minimum atomic E-state index is -0.0107. The highest BCUT2D eigenvalue weighted by atomic mass is 16.3. The van der Waals surface area contributed by atoms with Crippen molar-refractivity contribution in [1.82, 2.24) is 15.5 Å². The van der Waals surface area contributed by atoms with Crippen molar-refractivity contribution in [2.24, 2.45) is 11.8 Å². The van der Waals surface area contributed by atoms with Gasteiger partial charge in [0.2, 0.25) is 0 Å². The van der Waals surface area contributed by atoms with Crippen LogP contribution in [-0.4, -0.2) is 54.9 Å². The summed E-state index contributed by atoms with van der Waals surface area (Å²) in [5.41, 5.74) is 0. The van der Waals surface area contributed by atoms with E-state index in [9.17, 15) is 4.79 Å². The van der Waals surface area contributed by atoms with Crippen LogP contribution in [0.5, 0.6) is 0 Å². The van der Waals surface area contributed by atoms with E-state index in [0.717, 1.165) is 32.2 Å². The molecule has 0 aromatic rings. The predicted molar refractivity (Wildman–Crippen MR) is 88.8 cm³/mol. The van der Waals surface area contributed by atoms with Crippen LogP contribution in [0.25, 0.3) is 0 Å². The van der Waals surface area contributed by atoms with Gasteiger partial charge in [-0.1, -0.05) is 6.92 Å². The fraction of sp³-hybridized carbons (Fsp3) is 0.941. The quantitative estimate of drug-likeness (QED) is 0.702. The molecule has 1 saturated carbocycles. The van der Waals surface area contributed by atoms with Gasteiger partial charge in [-0.25, -0.2) is 4.79 Å². The molecule has 3 N–H and O–H groups in total. The maximum Gasteiger partial charge on any atom is 0.315 e. The molecule has 1 aliphatic carbocycles. The molecule has 2 rings (SSSR count). The normalized spacial score (nSPS) is 27.5. The Morgan fingerprint density at radius 1 is 1.09 bits per heavy atom.